The summed E-state index contributed by atoms with van der Waals surface area (Å²) in [6, 6.07) is 11.3. The first-order valence-corrected chi connectivity index (χ1v) is 7.18. The van der Waals surface area contributed by atoms with Crippen molar-refractivity contribution in [2.24, 2.45) is 0 Å². The first-order chi connectivity index (χ1) is 10.6. The van der Waals surface area contributed by atoms with Gasteiger partial charge in [-0.2, -0.15) is 0 Å². The third kappa shape index (κ3) is 2.98. The molecule has 2 amide bonds. The summed E-state index contributed by atoms with van der Waals surface area (Å²) in [5.74, 6) is 0.0371. The lowest BCUT2D eigenvalue weighted by Crippen LogP contribution is -2.25. The third-order valence-electron chi connectivity index (χ3n) is 3.78. The van der Waals surface area contributed by atoms with Crippen molar-refractivity contribution in [2.75, 3.05) is 11.9 Å². The Morgan fingerprint density at radius 2 is 2.18 bits per heavy atom. The smallest absolute Gasteiger partial charge is 0.231 e. The van der Waals surface area contributed by atoms with Crippen LogP contribution in [0.3, 0.4) is 0 Å². The minimum absolute atomic E-state index is 0.0525. The number of carbonyl (C=O) groups is 2. The van der Waals surface area contributed by atoms with Gasteiger partial charge in [-0.15, -0.1) is 0 Å². The summed E-state index contributed by atoms with van der Waals surface area (Å²) in [5, 5.41) is 2.85. The van der Waals surface area contributed by atoms with Gasteiger partial charge in [0.05, 0.1) is 25.1 Å². The molecule has 1 aromatic carbocycles. The van der Waals surface area contributed by atoms with Crippen LogP contribution in [-0.4, -0.2) is 23.8 Å². The molecule has 0 radical (unpaired) electrons. The van der Waals surface area contributed by atoms with Crippen LogP contribution in [-0.2, 0) is 29.0 Å². The molecule has 0 bridgehead atoms. The molecular formula is C17H17N3O2. The van der Waals surface area contributed by atoms with Crippen LogP contribution in [0.4, 0.5) is 5.69 Å². The van der Waals surface area contributed by atoms with Crippen LogP contribution in [0.25, 0.3) is 0 Å². The Morgan fingerprint density at radius 1 is 1.32 bits per heavy atom. The molecule has 0 fully saturated rings. The quantitative estimate of drug-likeness (QED) is 0.929. The summed E-state index contributed by atoms with van der Waals surface area (Å²) < 4.78 is 0. The van der Waals surface area contributed by atoms with Gasteiger partial charge in [-0.25, -0.2) is 0 Å². The van der Waals surface area contributed by atoms with Crippen LogP contribution < -0.4 is 10.2 Å². The Morgan fingerprint density at radius 3 is 2.95 bits per heavy atom. The average molecular weight is 295 g/mol. The van der Waals surface area contributed by atoms with Gasteiger partial charge in [0.2, 0.25) is 11.8 Å². The third-order valence-corrected chi connectivity index (χ3v) is 3.78. The summed E-state index contributed by atoms with van der Waals surface area (Å²) >= 11 is 0. The second kappa shape index (κ2) is 5.97. The van der Waals surface area contributed by atoms with Crippen LogP contribution in [0.1, 0.15) is 16.8 Å². The lowest BCUT2D eigenvalue weighted by molar-refractivity contribution is -0.120. The number of nitrogens with one attached hydrogen (secondary N) is 1. The van der Waals surface area contributed by atoms with E-state index >= 15 is 0 Å². The molecule has 0 atom stereocenters. The van der Waals surface area contributed by atoms with Crippen LogP contribution in [0.2, 0.25) is 0 Å². The first-order valence-electron chi connectivity index (χ1n) is 7.18. The molecule has 1 N–H and O–H groups in total. The monoisotopic (exact) mass is 295 g/mol. The number of rotatable bonds is 4. The van der Waals surface area contributed by atoms with E-state index in [4.69, 9.17) is 0 Å². The normalized spacial score (nSPS) is 13.1. The molecule has 2 aromatic rings. The maximum atomic E-state index is 12.0. The molecule has 0 saturated carbocycles. The highest BCUT2D eigenvalue weighted by Crippen LogP contribution is 2.28. The summed E-state index contributed by atoms with van der Waals surface area (Å²) in [4.78, 5) is 29.5. The molecule has 1 aliphatic heterocycles. The van der Waals surface area contributed by atoms with E-state index in [1.807, 2.05) is 36.4 Å². The zero-order chi connectivity index (χ0) is 15.5. The number of pyridine rings is 1. The van der Waals surface area contributed by atoms with Crippen molar-refractivity contribution in [3.63, 3.8) is 0 Å². The summed E-state index contributed by atoms with van der Waals surface area (Å²) in [7, 11) is 1.77. The number of amides is 2. The van der Waals surface area contributed by atoms with Gasteiger partial charge in [-0.1, -0.05) is 18.2 Å². The number of benzene rings is 1. The summed E-state index contributed by atoms with van der Waals surface area (Å²) in [6.45, 7) is 0.422. The van der Waals surface area contributed by atoms with Crippen molar-refractivity contribution in [3.05, 3.63) is 59.4 Å². The van der Waals surface area contributed by atoms with Gasteiger partial charge in [0.15, 0.2) is 0 Å². The molecule has 0 aliphatic carbocycles. The second-order valence-electron chi connectivity index (χ2n) is 5.37. The topological polar surface area (TPSA) is 62.3 Å². The van der Waals surface area contributed by atoms with E-state index in [2.05, 4.69) is 10.3 Å². The van der Waals surface area contributed by atoms with Crippen molar-refractivity contribution in [1.29, 1.82) is 0 Å². The lowest BCUT2D eigenvalue weighted by atomic mass is 10.1. The lowest BCUT2D eigenvalue weighted by Gasteiger charge is -2.10. The molecule has 112 valence electrons. The van der Waals surface area contributed by atoms with E-state index in [0.29, 0.717) is 19.4 Å². The predicted octanol–water partition coefficient (Wildman–Crippen LogP) is 1.46. The SMILES string of the molecule is CN1C(=O)Cc2cc(CC(=O)NCc3ccccn3)ccc21. The predicted molar refractivity (Wildman–Crippen MR) is 83.3 cm³/mol. The molecule has 3 rings (SSSR count). The van der Waals surface area contributed by atoms with Gasteiger partial charge in [-0.3, -0.25) is 14.6 Å². The Balaban J connectivity index is 1.61. The van der Waals surface area contributed by atoms with Gasteiger partial charge >= 0.3 is 0 Å². The summed E-state index contributed by atoms with van der Waals surface area (Å²) in [5.41, 5.74) is 3.67. The minimum Gasteiger partial charge on any atom is -0.350 e. The fraction of sp³-hybridized carbons (Fsp3) is 0.235. The fourth-order valence-electron chi connectivity index (χ4n) is 2.57. The maximum Gasteiger partial charge on any atom is 0.231 e. The highest BCUT2D eigenvalue weighted by Gasteiger charge is 2.23. The Labute approximate surface area is 129 Å². The van der Waals surface area contributed by atoms with Crippen LogP contribution in [0.15, 0.2) is 42.6 Å². The zero-order valence-electron chi connectivity index (χ0n) is 12.4. The van der Waals surface area contributed by atoms with Crippen molar-refractivity contribution >= 4 is 17.5 Å². The number of nitrogens with zero attached hydrogens (tertiary/aromatic N) is 2. The minimum atomic E-state index is -0.0525. The Kier molecular flexibility index (Phi) is 3.87. The molecule has 1 aromatic heterocycles. The number of carbonyl (C=O) groups excluding carboxylic acids is 2. The Bertz CT molecular complexity index is 713. The number of aromatic nitrogens is 1. The van der Waals surface area contributed by atoms with Crippen molar-refractivity contribution in [3.8, 4) is 0 Å². The van der Waals surface area contributed by atoms with Crippen molar-refractivity contribution in [2.45, 2.75) is 19.4 Å². The highest BCUT2D eigenvalue weighted by molar-refractivity contribution is 6.01. The van der Waals surface area contributed by atoms with E-state index < -0.39 is 0 Å². The number of likely N-dealkylation sites (N-methyl/N-ethyl adjacent to an activating group) is 1. The first kappa shape index (κ1) is 14.3. The summed E-state index contributed by atoms with van der Waals surface area (Å²) in [6.07, 6.45) is 2.42. The van der Waals surface area contributed by atoms with Crippen LogP contribution in [0, 0.1) is 0 Å². The van der Waals surface area contributed by atoms with Crippen molar-refractivity contribution in [1.82, 2.24) is 10.3 Å². The van der Waals surface area contributed by atoms with Gasteiger partial charge in [0.25, 0.3) is 0 Å². The van der Waals surface area contributed by atoms with E-state index in [0.717, 1.165) is 22.5 Å². The largest absolute Gasteiger partial charge is 0.350 e. The zero-order valence-corrected chi connectivity index (χ0v) is 12.4. The molecule has 0 spiro atoms. The van der Waals surface area contributed by atoms with Gasteiger partial charge in [-0.05, 0) is 29.3 Å². The van der Waals surface area contributed by atoms with E-state index in [1.165, 1.54) is 0 Å². The average Bonchev–Trinajstić information content (AvgIpc) is 2.81. The van der Waals surface area contributed by atoms with E-state index in [-0.39, 0.29) is 11.8 Å². The van der Waals surface area contributed by atoms with Crippen LogP contribution in [0.5, 0.6) is 0 Å². The second-order valence-corrected chi connectivity index (χ2v) is 5.37. The number of hydrogen-bond acceptors (Lipinski definition) is 3. The molecule has 5 nitrogen and oxygen atoms in total. The Hall–Kier alpha value is -2.69. The molecular weight excluding hydrogens is 278 g/mol. The van der Waals surface area contributed by atoms with E-state index in [1.54, 1.807) is 18.1 Å². The highest BCUT2D eigenvalue weighted by atomic mass is 16.2. The van der Waals surface area contributed by atoms with Crippen molar-refractivity contribution < 1.29 is 9.59 Å². The van der Waals surface area contributed by atoms with Crippen LogP contribution >= 0.6 is 0 Å². The maximum absolute atomic E-state index is 12.0. The standard InChI is InChI=1S/C17H17N3O2/c1-20-15-6-5-12(8-13(15)10-17(20)22)9-16(21)19-11-14-4-2-3-7-18-14/h2-8H,9-11H2,1H3,(H,19,21). The molecule has 22 heavy (non-hydrogen) atoms. The number of fused-ring (bicyclic) bond motifs is 1. The van der Waals surface area contributed by atoms with Gasteiger partial charge in [0.1, 0.15) is 0 Å². The molecule has 2 heterocycles. The number of anilines is 1. The number of hydrogen-bond donors (Lipinski definition) is 1. The molecule has 5 heteroatoms. The van der Waals surface area contributed by atoms with Gasteiger partial charge < -0.3 is 10.2 Å². The fourth-order valence-corrected chi connectivity index (χ4v) is 2.57. The molecule has 0 unspecified atom stereocenters. The van der Waals surface area contributed by atoms with Gasteiger partial charge in [0, 0.05) is 18.9 Å². The molecule has 1 aliphatic rings. The molecule has 0 saturated heterocycles. The van der Waals surface area contributed by atoms with E-state index in [9.17, 15) is 9.59 Å².